The maximum Gasteiger partial charge on any atom is 0.142 e. The minimum absolute atomic E-state index is 0.574. The van der Waals surface area contributed by atoms with Gasteiger partial charge in [0.1, 0.15) is 5.75 Å². The number of nitrogens with one attached hydrogen (secondary N) is 1. The summed E-state index contributed by atoms with van der Waals surface area (Å²) in [7, 11) is 0. The Hall–Kier alpha value is -1.22. The fourth-order valence-electron chi connectivity index (χ4n) is 3.20. The van der Waals surface area contributed by atoms with Gasteiger partial charge in [0.2, 0.25) is 0 Å². The Morgan fingerprint density at radius 1 is 1.22 bits per heavy atom. The third kappa shape index (κ3) is 2.07. The van der Waals surface area contributed by atoms with Crippen LogP contribution >= 0.6 is 0 Å². The van der Waals surface area contributed by atoms with Crippen LogP contribution in [0.15, 0.2) is 24.3 Å². The second kappa shape index (κ2) is 4.81. The molecule has 1 aromatic rings. The van der Waals surface area contributed by atoms with Gasteiger partial charge in [0.25, 0.3) is 0 Å². The Kier molecular flexibility index (Phi) is 3.16. The maximum atomic E-state index is 5.72. The van der Waals surface area contributed by atoms with Crippen LogP contribution in [0.2, 0.25) is 0 Å². The Bertz CT molecular complexity index is 405. The van der Waals surface area contributed by atoms with Crippen molar-refractivity contribution in [1.82, 2.24) is 5.32 Å². The van der Waals surface area contributed by atoms with E-state index in [4.69, 9.17) is 4.74 Å². The molecule has 1 N–H and O–H groups in total. The Labute approximate surface area is 109 Å². The molecule has 3 nitrogen and oxygen atoms in total. The van der Waals surface area contributed by atoms with E-state index in [1.165, 1.54) is 44.7 Å². The molecule has 0 amide bonds. The number of hydrogen-bond acceptors (Lipinski definition) is 3. The molecule has 1 aromatic carbocycles. The van der Waals surface area contributed by atoms with Crippen LogP contribution in [-0.4, -0.2) is 32.8 Å². The van der Waals surface area contributed by atoms with E-state index in [0.29, 0.717) is 5.41 Å². The molecule has 0 aliphatic carbocycles. The predicted molar refractivity (Wildman–Crippen MR) is 74.4 cm³/mol. The quantitative estimate of drug-likeness (QED) is 0.885. The molecule has 0 atom stereocenters. The molecule has 2 aliphatic heterocycles. The van der Waals surface area contributed by atoms with Crippen LogP contribution in [0.25, 0.3) is 0 Å². The van der Waals surface area contributed by atoms with Crippen LogP contribution in [-0.2, 0) is 0 Å². The molecular formula is C15H22N2O. The fourth-order valence-corrected chi connectivity index (χ4v) is 3.20. The molecule has 2 fully saturated rings. The molecule has 0 aromatic heterocycles. The Morgan fingerprint density at radius 2 is 1.94 bits per heavy atom. The predicted octanol–water partition coefficient (Wildman–Crippen LogP) is 2.28. The monoisotopic (exact) mass is 246 g/mol. The molecule has 1 spiro atoms. The van der Waals surface area contributed by atoms with E-state index in [0.717, 1.165) is 12.4 Å². The van der Waals surface area contributed by atoms with Crippen molar-refractivity contribution in [3.05, 3.63) is 24.3 Å². The van der Waals surface area contributed by atoms with Gasteiger partial charge in [0.15, 0.2) is 0 Å². The summed E-state index contributed by atoms with van der Waals surface area (Å²) in [6.45, 7) is 7.53. The summed E-state index contributed by atoms with van der Waals surface area (Å²) in [4.78, 5) is 2.47. The number of benzene rings is 1. The first kappa shape index (κ1) is 11.8. The summed E-state index contributed by atoms with van der Waals surface area (Å²) in [5.41, 5.74) is 1.84. The first-order chi connectivity index (χ1) is 8.83. The number of piperidine rings is 1. The summed E-state index contributed by atoms with van der Waals surface area (Å²) in [6, 6.07) is 8.41. The fraction of sp³-hybridized carbons (Fsp3) is 0.600. The van der Waals surface area contributed by atoms with Gasteiger partial charge in [0.05, 0.1) is 12.3 Å². The van der Waals surface area contributed by atoms with Crippen LogP contribution in [0.4, 0.5) is 5.69 Å². The first-order valence-corrected chi connectivity index (χ1v) is 7.00. The van der Waals surface area contributed by atoms with Gasteiger partial charge in [-0.2, -0.15) is 0 Å². The molecule has 0 radical (unpaired) electrons. The zero-order valence-corrected chi connectivity index (χ0v) is 11.1. The molecule has 0 saturated carbocycles. The van der Waals surface area contributed by atoms with Crippen LogP contribution in [0.5, 0.6) is 5.75 Å². The van der Waals surface area contributed by atoms with E-state index in [9.17, 15) is 0 Å². The molecule has 0 unspecified atom stereocenters. The van der Waals surface area contributed by atoms with Crippen molar-refractivity contribution in [2.24, 2.45) is 5.41 Å². The molecule has 0 bridgehead atoms. The van der Waals surface area contributed by atoms with E-state index in [-0.39, 0.29) is 0 Å². The standard InChI is InChI=1S/C15H22N2O/c1-2-18-14-6-4-3-5-13(14)17-11-15(12-17)7-9-16-10-8-15/h3-6,16H,2,7-12H2,1H3. The minimum atomic E-state index is 0.574. The van der Waals surface area contributed by atoms with Gasteiger partial charge >= 0.3 is 0 Å². The van der Waals surface area contributed by atoms with Gasteiger partial charge in [-0.1, -0.05) is 12.1 Å². The van der Waals surface area contributed by atoms with Gasteiger partial charge in [-0.15, -0.1) is 0 Å². The zero-order chi connectivity index (χ0) is 12.4. The van der Waals surface area contributed by atoms with Gasteiger partial charge < -0.3 is 15.0 Å². The summed E-state index contributed by atoms with van der Waals surface area (Å²) < 4.78 is 5.72. The van der Waals surface area contributed by atoms with Crippen molar-refractivity contribution in [2.45, 2.75) is 19.8 Å². The highest BCUT2D eigenvalue weighted by atomic mass is 16.5. The van der Waals surface area contributed by atoms with E-state index in [1.807, 2.05) is 6.92 Å². The van der Waals surface area contributed by atoms with Crippen LogP contribution in [0.1, 0.15) is 19.8 Å². The number of hydrogen-bond donors (Lipinski definition) is 1. The highest BCUT2D eigenvalue weighted by molar-refractivity contribution is 5.60. The van der Waals surface area contributed by atoms with Crippen molar-refractivity contribution in [3.8, 4) is 5.75 Å². The third-order valence-electron chi connectivity index (χ3n) is 4.22. The van der Waals surface area contributed by atoms with E-state index in [1.54, 1.807) is 0 Å². The second-order valence-corrected chi connectivity index (χ2v) is 5.51. The molecule has 3 rings (SSSR count). The first-order valence-electron chi connectivity index (χ1n) is 7.00. The SMILES string of the molecule is CCOc1ccccc1N1CC2(CCNCC2)C1. The van der Waals surface area contributed by atoms with Gasteiger partial charge in [-0.05, 0) is 45.0 Å². The lowest BCUT2D eigenvalue weighted by atomic mass is 9.72. The van der Waals surface area contributed by atoms with Gasteiger partial charge in [-0.3, -0.25) is 0 Å². The highest BCUT2D eigenvalue weighted by Gasteiger charge is 2.43. The smallest absolute Gasteiger partial charge is 0.142 e. The normalized spacial score (nSPS) is 21.7. The van der Waals surface area contributed by atoms with Crippen LogP contribution in [0.3, 0.4) is 0 Å². The van der Waals surface area contributed by atoms with E-state index >= 15 is 0 Å². The van der Waals surface area contributed by atoms with Crippen molar-refractivity contribution in [1.29, 1.82) is 0 Å². The molecule has 98 valence electrons. The number of ether oxygens (including phenoxy) is 1. The number of nitrogens with zero attached hydrogens (tertiary/aromatic N) is 1. The summed E-state index contributed by atoms with van der Waals surface area (Å²) in [5, 5.41) is 3.45. The van der Waals surface area contributed by atoms with E-state index < -0.39 is 0 Å². The number of rotatable bonds is 3. The Morgan fingerprint density at radius 3 is 2.67 bits per heavy atom. The second-order valence-electron chi connectivity index (χ2n) is 5.51. The molecule has 2 aliphatic rings. The average Bonchev–Trinajstić information content (AvgIpc) is 2.38. The third-order valence-corrected chi connectivity index (χ3v) is 4.22. The van der Waals surface area contributed by atoms with Crippen molar-refractivity contribution >= 4 is 5.69 Å². The zero-order valence-electron chi connectivity index (χ0n) is 11.1. The van der Waals surface area contributed by atoms with Crippen LogP contribution < -0.4 is 15.0 Å². The van der Waals surface area contributed by atoms with Crippen LogP contribution in [0, 0.1) is 5.41 Å². The van der Waals surface area contributed by atoms with E-state index in [2.05, 4.69) is 34.5 Å². The number of para-hydroxylation sites is 2. The summed E-state index contributed by atoms with van der Waals surface area (Å²) in [6.07, 6.45) is 2.64. The molecule has 2 heterocycles. The average molecular weight is 246 g/mol. The molecular weight excluding hydrogens is 224 g/mol. The minimum Gasteiger partial charge on any atom is -0.492 e. The molecule has 2 saturated heterocycles. The number of anilines is 1. The van der Waals surface area contributed by atoms with Gasteiger partial charge in [-0.25, -0.2) is 0 Å². The lowest BCUT2D eigenvalue weighted by Gasteiger charge is -2.53. The Balaban J connectivity index is 1.70. The molecule has 18 heavy (non-hydrogen) atoms. The topological polar surface area (TPSA) is 24.5 Å². The lowest BCUT2D eigenvalue weighted by molar-refractivity contribution is 0.149. The molecule has 3 heteroatoms. The lowest BCUT2D eigenvalue weighted by Crippen LogP contribution is -2.60. The highest BCUT2D eigenvalue weighted by Crippen LogP contribution is 2.43. The maximum absolute atomic E-state index is 5.72. The van der Waals surface area contributed by atoms with Gasteiger partial charge in [0, 0.05) is 18.5 Å². The summed E-state index contributed by atoms with van der Waals surface area (Å²) in [5.74, 6) is 1.03. The van der Waals surface area contributed by atoms with Crippen molar-refractivity contribution in [2.75, 3.05) is 37.7 Å². The van der Waals surface area contributed by atoms with Crippen molar-refractivity contribution in [3.63, 3.8) is 0 Å². The summed E-state index contributed by atoms with van der Waals surface area (Å²) >= 11 is 0. The largest absolute Gasteiger partial charge is 0.492 e. The van der Waals surface area contributed by atoms with Crippen molar-refractivity contribution < 1.29 is 4.74 Å².